The van der Waals surface area contributed by atoms with Crippen LogP contribution in [0.15, 0.2) is 24.5 Å². The number of aromatic nitrogens is 1. The molecule has 1 rings (SSSR count). The van der Waals surface area contributed by atoms with Gasteiger partial charge in [0.2, 0.25) is 5.91 Å². The third-order valence-corrected chi connectivity index (χ3v) is 0.946. The van der Waals surface area contributed by atoms with E-state index in [-0.39, 0.29) is 46.6 Å². The first kappa shape index (κ1) is 13.7. The third-order valence-electron chi connectivity index (χ3n) is 0.946. The van der Waals surface area contributed by atoms with Gasteiger partial charge in [0.05, 0.1) is 5.56 Å². The number of carbonyl (C=O) groups is 1. The Hall–Kier alpha value is 0.139. The molecule has 0 spiro atoms. The van der Waals surface area contributed by atoms with E-state index >= 15 is 0 Å². The fourth-order valence-corrected chi connectivity index (χ4v) is 0.509. The van der Waals surface area contributed by atoms with Gasteiger partial charge in [0.1, 0.15) is 0 Å². The van der Waals surface area contributed by atoms with Crippen molar-refractivity contribution in [1.29, 1.82) is 0 Å². The van der Waals surface area contributed by atoms with E-state index < -0.39 is 5.91 Å². The van der Waals surface area contributed by atoms with Crippen LogP contribution in [-0.4, -0.2) is 10.9 Å². The summed E-state index contributed by atoms with van der Waals surface area (Å²) in [4.78, 5) is 14.1. The van der Waals surface area contributed by atoms with Gasteiger partial charge in [-0.05, 0) is 12.1 Å². The zero-order valence-electron chi connectivity index (χ0n) is 6.10. The summed E-state index contributed by atoms with van der Waals surface area (Å²) in [6.07, 6.45) is 3.02. The number of carbonyl (C=O) groups excluding carboxylic acids is 1. The number of hydrogen-bond acceptors (Lipinski definition) is 2. The Kier molecular flexibility index (Phi) is 8.51. The van der Waals surface area contributed by atoms with Crippen LogP contribution in [0.1, 0.15) is 10.4 Å². The molecule has 0 aromatic carbocycles. The molecular formula is C6H6FeN2NaO+3. The molecule has 1 amide bonds. The van der Waals surface area contributed by atoms with Gasteiger partial charge in [-0.3, -0.25) is 9.78 Å². The Morgan fingerprint density at radius 2 is 2.18 bits per heavy atom. The smallest absolute Gasteiger partial charge is 0.366 e. The number of pyridine rings is 1. The number of primary amides is 1. The van der Waals surface area contributed by atoms with E-state index in [2.05, 4.69) is 4.98 Å². The van der Waals surface area contributed by atoms with Crippen LogP contribution >= 0.6 is 0 Å². The second-order valence-corrected chi connectivity index (χ2v) is 1.61. The van der Waals surface area contributed by atoms with Crippen molar-refractivity contribution >= 4 is 5.91 Å². The molecular weight excluding hydrogens is 195 g/mol. The summed E-state index contributed by atoms with van der Waals surface area (Å²) >= 11 is 0. The molecule has 1 aromatic rings. The fourth-order valence-electron chi connectivity index (χ4n) is 0.509. The van der Waals surface area contributed by atoms with E-state index in [0.717, 1.165) is 0 Å². The maximum atomic E-state index is 10.4. The van der Waals surface area contributed by atoms with E-state index in [0.29, 0.717) is 5.56 Å². The zero-order valence-corrected chi connectivity index (χ0v) is 9.20. The topological polar surface area (TPSA) is 56.0 Å². The molecule has 0 bridgehead atoms. The van der Waals surface area contributed by atoms with Crippen LogP contribution < -0.4 is 35.3 Å². The quantitative estimate of drug-likeness (QED) is 0.498. The second kappa shape index (κ2) is 6.83. The van der Waals surface area contributed by atoms with Gasteiger partial charge in [-0.2, -0.15) is 0 Å². The molecule has 1 heterocycles. The summed E-state index contributed by atoms with van der Waals surface area (Å²) < 4.78 is 0. The fraction of sp³-hybridized carbons (Fsp3) is 0. The molecule has 0 fully saturated rings. The van der Waals surface area contributed by atoms with Gasteiger partial charge >= 0.3 is 46.6 Å². The van der Waals surface area contributed by atoms with Crippen LogP contribution in [0.5, 0.6) is 0 Å². The Morgan fingerprint density at radius 1 is 1.55 bits per heavy atom. The summed E-state index contributed by atoms with van der Waals surface area (Å²) in [5.41, 5.74) is 5.38. The molecule has 0 aliphatic heterocycles. The van der Waals surface area contributed by atoms with Crippen LogP contribution in [-0.2, 0) is 17.1 Å². The molecule has 11 heavy (non-hydrogen) atoms. The average molecular weight is 201 g/mol. The molecule has 0 saturated carbocycles. The largest absolute Gasteiger partial charge is 2.00 e. The second-order valence-electron chi connectivity index (χ2n) is 1.61. The van der Waals surface area contributed by atoms with Gasteiger partial charge in [-0.1, -0.05) is 0 Å². The number of nitrogens with zero attached hydrogens (tertiary/aromatic N) is 1. The van der Waals surface area contributed by atoms with Crippen molar-refractivity contribution in [2.45, 2.75) is 0 Å². The maximum absolute atomic E-state index is 10.4. The average Bonchev–Trinajstić information content (AvgIpc) is 1.90. The van der Waals surface area contributed by atoms with Gasteiger partial charge in [0, 0.05) is 12.4 Å². The molecule has 2 N–H and O–H groups in total. The van der Waals surface area contributed by atoms with E-state index in [4.69, 9.17) is 5.73 Å². The molecule has 0 aliphatic carbocycles. The van der Waals surface area contributed by atoms with Crippen LogP contribution in [0.3, 0.4) is 0 Å². The monoisotopic (exact) mass is 201 g/mol. The molecule has 5 heteroatoms. The first-order chi connectivity index (χ1) is 4.30. The number of amides is 1. The van der Waals surface area contributed by atoms with Crippen molar-refractivity contribution in [2.75, 3.05) is 0 Å². The first-order valence-electron chi connectivity index (χ1n) is 2.50. The van der Waals surface area contributed by atoms with Crippen LogP contribution in [0.2, 0.25) is 0 Å². The van der Waals surface area contributed by atoms with Crippen molar-refractivity contribution in [3.8, 4) is 0 Å². The van der Waals surface area contributed by atoms with Gasteiger partial charge in [0.25, 0.3) is 0 Å². The van der Waals surface area contributed by atoms with Crippen molar-refractivity contribution < 1.29 is 51.4 Å². The van der Waals surface area contributed by atoms with Gasteiger partial charge < -0.3 is 5.73 Å². The van der Waals surface area contributed by atoms with E-state index in [9.17, 15) is 4.79 Å². The van der Waals surface area contributed by atoms with E-state index in [1.807, 2.05) is 0 Å². The Labute approximate surface area is 97.5 Å². The van der Waals surface area contributed by atoms with Gasteiger partial charge in [0.15, 0.2) is 0 Å². The summed E-state index contributed by atoms with van der Waals surface area (Å²) in [5.74, 6) is -0.442. The SMILES string of the molecule is NC(=O)c1cccnc1.[Fe+2].[Na+]. The van der Waals surface area contributed by atoms with Crippen molar-refractivity contribution in [3.05, 3.63) is 30.1 Å². The number of hydrogen-bond donors (Lipinski definition) is 1. The van der Waals surface area contributed by atoms with Crippen LogP contribution in [0, 0.1) is 0 Å². The molecule has 0 atom stereocenters. The minimum absolute atomic E-state index is 0. The number of rotatable bonds is 1. The molecule has 52 valence electrons. The summed E-state index contributed by atoms with van der Waals surface area (Å²) in [6.45, 7) is 0. The van der Waals surface area contributed by atoms with Crippen molar-refractivity contribution in [2.24, 2.45) is 5.73 Å². The molecule has 3 nitrogen and oxygen atoms in total. The minimum Gasteiger partial charge on any atom is -0.366 e. The molecule has 0 unspecified atom stereocenters. The van der Waals surface area contributed by atoms with E-state index in [1.54, 1.807) is 18.3 Å². The standard InChI is InChI=1S/C6H6N2O.Fe.Na/c7-6(9)5-2-1-3-8-4-5;;/h1-4H,(H2,7,9);;/q;+2;+1. The summed E-state index contributed by atoms with van der Waals surface area (Å²) in [5, 5.41) is 0. The Morgan fingerprint density at radius 3 is 2.45 bits per heavy atom. The maximum Gasteiger partial charge on any atom is 2.00 e. The molecule has 0 saturated heterocycles. The predicted molar refractivity (Wildman–Crippen MR) is 32.8 cm³/mol. The number of nitrogens with two attached hydrogens (primary N) is 1. The predicted octanol–water partition coefficient (Wildman–Crippen LogP) is -2.82. The van der Waals surface area contributed by atoms with Gasteiger partial charge in [-0.15, -0.1) is 0 Å². The first-order valence-corrected chi connectivity index (χ1v) is 2.50. The van der Waals surface area contributed by atoms with Crippen molar-refractivity contribution in [3.63, 3.8) is 0 Å². The Bertz CT molecular complexity index is 217. The normalized spacial score (nSPS) is 7.27. The van der Waals surface area contributed by atoms with E-state index in [1.165, 1.54) is 6.20 Å². The summed E-state index contributed by atoms with van der Waals surface area (Å²) in [6, 6.07) is 3.29. The minimum atomic E-state index is -0.442. The third kappa shape index (κ3) is 4.56. The molecule has 0 aliphatic rings. The van der Waals surface area contributed by atoms with Crippen molar-refractivity contribution in [1.82, 2.24) is 4.98 Å². The molecule has 1 aromatic heterocycles. The Balaban J connectivity index is 0. The van der Waals surface area contributed by atoms with Crippen LogP contribution in [0.25, 0.3) is 0 Å². The van der Waals surface area contributed by atoms with Gasteiger partial charge in [-0.25, -0.2) is 0 Å². The summed E-state index contributed by atoms with van der Waals surface area (Å²) in [7, 11) is 0. The van der Waals surface area contributed by atoms with Crippen LogP contribution in [0.4, 0.5) is 0 Å². The zero-order chi connectivity index (χ0) is 6.69. The molecule has 0 radical (unpaired) electrons.